The molecule has 5 aromatic rings. The number of nitrogens with one attached hydrogen (secondary N) is 2. The zero-order valence-electron chi connectivity index (χ0n) is 15.2. The Labute approximate surface area is 165 Å². The minimum absolute atomic E-state index is 0.0698. The van der Waals surface area contributed by atoms with Crippen molar-refractivity contribution in [3.8, 4) is 21.6 Å². The number of aromatic amines is 1. The molecule has 0 aliphatic heterocycles. The van der Waals surface area contributed by atoms with Crippen molar-refractivity contribution in [1.82, 2.24) is 10.2 Å². The number of aromatic nitrogens is 2. The standard InChI is InChI=1S/C23H17N3OS/c1-14(27)25-19-8-6-15(7-9-19)17-10-18-13-24-26-23(18)20(11-17)22-12-16-4-2-3-5-21(16)28-22/h2-13H,1H3,(H,24,26)(H,25,27). The zero-order chi connectivity index (χ0) is 19.1. The van der Waals surface area contributed by atoms with Crippen LogP contribution >= 0.6 is 11.3 Å². The van der Waals surface area contributed by atoms with E-state index in [9.17, 15) is 4.79 Å². The molecule has 28 heavy (non-hydrogen) atoms. The molecule has 0 spiro atoms. The highest BCUT2D eigenvalue weighted by molar-refractivity contribution is 7.22. The van der Waals surface area contributed by atoms with E-state index in [1.54, 1.807) is 11.3 Å². The van der Waals surface area contributed by atoms with E-state index in [1.165, 1.54) is 21.9 Å². The topological polar surface area (TPSA) is 57.8 Å². The Morgan fingerprint density at radius 2 is 1.79 bits per heavy atom. The van der Waals surface area contributed by atoms with Gasteiger partial charge < -0.3 is 5.32 Å². The van der Waals surface area contributed by atoms with E-state index in [0.717, 1.165) is 33.3 Å². The number of anilines is 1. The van der Waals surface area contributed by atoms with Crippen LogP contribution in [0.4, 0.5) is 5.69 Å². The van der Waals surface area contributed by atoms with Gasteiger partial charge in [-0.2, -0.15) is 5.10 Å². The number of nitrogens with zero attached hydrogens (tertiary/aromatic N) is 1. The fourth-order valence-corrected chi connectivity index (χ4v) is 4.57. The quantitative estimate of drug-likeness (QED) is 0.397. The lowest BCUT2D eigenvalue weighted by molar-refractivity contribution is -0.114. The Balaban J connectivity index is 1.64. The highest BCUT2D eigenvalue weighted by Crippen LogP contribution is 2.39. The summed E-state index contributed by atoms with van der Waals surface area (Å²) in [6.07, 6.45) is 1.86. The Hall–Kier alpha value is -3.44. The third kappa shape index (κ3) is 2.96. The average Bonchev–Trinajstić information content (AvgIpc) is 3.34. The van der Waals surface area contributed by atoms with Crippen LogP contribution < -0.4 is 5.32 Å². The van der Waals surface area contributed by atoms with Gasteiger partial charge in [0, 0.05) is 33.1 Å². The first-order valence-corrected chi connectivity index (χ1v) is 9.83. The minimum atomic E-state index is -0.0698. The van der Waals surface area contributed by atoms with Gasteiger partial charge in [-0.25, -0.2) is 0 Å². The third-order valence-electron chi connectivity index (χ3n) is 4.78. The van der Waals surface area contributed by atoms with Crippen LogP contribution in [-0.4, -0.2) is 16.1 Å². The molecule has 0 atom stereocenters. The highest BCUT2D eigenvalue weighted by atomic mass is 32.1. The van der Waals surface area contributed by atoms with Gasteiger partial charge in [0.15, 0.2) is 0 Å². The van der Waals surface area contributed by atoms with Crippen LogP contribution in [0, 0.1) is 0 Å². The number of rotatable bonds is 3. The summed E-state index contributed by atoms with van der Waals surface area (Å²) >= 11 is 1.79. The molecule has 0 saturated heterocycles. The molecule has 0 bridgehead atoms. The van der Waals surface area contributed by atoms with Gasteiger partial charge in [-0.1, -0.05) is 30.3 Å². The van der Waals surface area contributed by atoms with Crippen LogP contribution in [0.1, 0.15) is 6.92 Å². The van der Waals surface area contributed by atoms with E-state index < -0.39 is 0 Å². The minimum Gasteiger partial charge on any atom is -0.326 e. The van der Waals surface area contributed by atoms with E-state index in [2.05, 4.69) is 58.0 Å². The fraction of sp³-hybridized carbons (Fsp3) is 0.0435. The van der Waals surface area contributed by atoms with E-state index in [0.29, 0.717) is 0 Å². The molecule has 5 rings (SSSR count). The van der Waals surface area contributed by atoms with Gasteiger partial charge in [0.2, 0.25) is 5.91 Å². The average molecular weight is 383 g/mol. The van der Waals surface area contributed by atoms with Crippen LogP contribution in [0.5, 0.6) is 0 Å². The van der Waals surface area contributed by atoms with Crippen molar-refractivity contribution in [3.05, 3.63) is 72.9 Å². The first-order valence-electron chi connectivity index (χ1n) is 9.01. The molecular weight excluding hydrogens is 366 g/mol. The fourth-order valence-electron chi connectivity index (χ4n) is 3.48. The summed E-state index contributed by atoms with van der Waals surface area (Å²) in [5, 5.41) is 12.5. The van der Waals surface area contributed by atoms with Crippen LogP contribution in [0.2, 0.25) is 0 Å². The second-order valence-electron chi connectivity index (χ2n) is 6.77. The van der Waals surface area contributed by atoms with Crippen molar-refractivity contribution in [3.63, 3.8) is 0 Å². The molecular formula is C23H17N3OS. The monoisotopic (exact) mass is 383 g/mol. The molecule has 0 radical (unpaired) electrons. The van der Waals surface area contributed by atoms with Crippen molar-refractivity contribution in [2.24, 2.45) is 0 Å². The van der Waals surface area contributed by atoms with Crippen LogP contribution in [-0.2, 0) is 4.79 Å². The van der Waals surface area contributed by atoms with Gasteiger partial charge in [-0.3, -0.25) is 9.89 Å². The number of hydrogen-bond acceptors (Lipinski definition) is 3. The summed E-state index contributed by atoms with van der Waals surface area (Å²) in [5.74, 6) is -0.0698. The Morgan fingerprint density at radius 3 is 2.57 bits per heavy atom. The van der Waals surface area contributed by atoms with E-state index in [4.69, 9.17) is 0 Å². The Morgan fingerprint density at radius 1 is 0.964 bits per heavy atom. The van der Waals surface area contributed by atoms with Gasteiger partial charge in [0.05, 0.1) is 11.7 Å². The maximum Gasteiger partial charge on any atom is 0.221 e. The lowest BCUT2D eigenvalue weighted by Gasteiger charge is -2.08. The summed E-state index contributed by atoms with van der Waals surface area (Å²) in [7, 11) is 0. The SMILES string of the molecule is CC(=O)Nc1ccc(-c2cc(-c3cc4ccccc4s3)c3[nH]ncc3c2)cc1. The molecule has 136 valence electrons. The zero-order valence-corrected chi connectivity index (χ0v) is 16.0. The summed E-state index contributed by atoms with van der Waals surface area (Å²) in [6.45, 7) is 1.51. The number of thiophene rings is 1. The summed E-state index contributed by atoms with van der Waals surface area (Å²) in [6, 6.07) is 22.9. The van der Waals surface area contributed by atoms with Gasteiger partial charge in [0.25, 0.3) is 0 Å². The van der Waals surface area contributed by atoms with Crippen molar-refractivity contribution in [1.29, 1.82) is 0 Å². The number of benzene rings is 3. The third-order valence-corrected chi connectivity index (χ3v) is 5.93. The lowest BCUT2D eigenvalue weighted by Crippen LogP contribution is -2.05. The molecule has 0 fully saturated rings. The first kappa shape index (κ1) is 16.7. The van der Waals surface area contributed by atoms with Crippen molar-refractivity contribution in [2.45, 2.75) is 6.92 Å². The molecule has 0 aliphatic carbocycles. The maximum atomic E-state index is 11.2. The van der Waals surface area contributed by atoms with E-state index in [-0.39, 0.29) is 5.91 Å². The molecule has 2 aromatic heterocycles. The second kappa shape index (κ2) is 6.62. The molecule has 5 heteroatoms. The summed E-state index contributed by atoms with van der Waals surface area (Å²) in [5.41, 5.74) is 5.21. The summed E-state index contributed by atoms with van der Waals surface area (Å²) < 4.78 is 1.27. The molecule has 2 heterocycles. The molecule has 3 aromatic carbocycles. The van der Waals surface area contributed by atoms with Gasteiger partial charge >= 0.3 is 0 Å². The number of H-pyrrole nitrogens is 1. The number of carbonyl (C=O) groups is 1. The van der Waals surface area contributed by atoms with Gasteiger partial charge in [0.1, 0.15) is 0 Å². The van der Waals surface area contributed by atoms with Crippen molar-refractivity contribution < 1.29 is 4.79 Å². The largest absolute Gasteiger partial charge is 0.326 e. The maximum absolute atomic E-state index is 11.2. The van der Waals surface area contributed by atoms with Crippen LogP contribution in [0.25, 0.3) is 42.6 Å². The molecule has 1 amide bonds. The molecule has 4 nitrogen and oxygen atoms in total. The first-order chi connectivity index (χ1) is 13.7. The smallest absolute Gasteiger partial charge is 0.221 e. The number of amides is 1. The van der Waals surface area contributed by atoms with E-state index >= 15 is 0 Å². The van der Waals surface area contributed by atoms with Crippen molar-refractivity contribution in [2.75, 3.05) is 5.32 Å². The Kier molecular flexibility index (Phi) is 3.95. The lowest BCUT2D eigenvalue weighted by atomic mass is 9.99. The highest BCUT2D eigenvalue weighted by Gasteiger charge is 2.12. The van der Waals surface area contributed by atoms with Crippen LogP contribution in [0.15, 0.2) is 72.9 Å². The van der Waals surface area contributed by atoms with Gasteiger partial charge in [-0.05, 0) is 52.9 Å². The Bertz CT molecular complexity index is 1280. The molecule has 0 aliphatic rings. The normalized spacial score (nSPS) is 11.2. The molecule has 2 N–H and O–H groups in total. The van der Waals surface area contributed by atoms with E-state index in [1.807, 2.05) is 30.5 Å². The van der Waals surface area contributed by atoms with Gasteiger partial charge in [-0.15, -0.1) is 11.3 Å². The van der Waals surface area contributed by atoms with Crippen LogP contribution in [0.3, 0.4) is 0 Å². The summed E-state index contributed by atoms with van der Waals surface area (Å²) in [4.78, 5) is 12.5. The number of carbonyl (C=O) groups excluding carboxylic acids is 1. The van der Waals surface area contributed by atoms with Crippen molar-refractivity contribution >= 4 is 43.9 Å². The predicted octanol–water partition coefficient (Wildman–Crippen LogP) is 6.07. The molecule has 0 unspecified atom stereocenters. The predicted molar refractivity (Wildman–Crippen MR) is 117 cm³/mol. The molecule has 0 saturated carbocycles. The second-order valence-corrected chi connectivity index (χ2v) is 7.85. The number of hydrogen-bond donors (Lipinski definition) is 2. The number of fused-ring (bicyclic) bond motifs is 2.